The lowest BCUT2D eigenvalue weighted by Crippen LogP contribution is -2.16. The Hall–Kier alpha value is -3.93. The lowest BCUT2D eigenvalue weighted by atomic mass is 10.2. The van der Waals surface area contributed by atoms with Gasteiger partial charge in [-0.2, -0.15) is 5.10 Å². The molecule has 2 heterocycles. The van der Waals surface area contributed by atoms with Gasteiger partial charge in [-0.15, -0.1) is 0 Å². The molecule has 0 aliphatic heterocycles. The van der Waals surface area contributed by atoms with E-state index in [9.17, 15) is 4.79 Å². The summed E-state index contributed by atoms with van der Waals surface area (Å²) in [7, 11) is 1.54. The third-order valence-electron chi connectivity index (χ3n) is 4.23. The maximum atomic E-state index is 12.9. The van der Waals surface area contributed by atoms with E-state index < -0.39 is 0 Å². The zero-order chi connectivity index (χ0) is 19.3. The number of nitrogens with one attached hydrogen (secondary N) is 1. The fourth-order valence-electron chi connectivity index (χ4n) is 2.89. The predicted octanol–water partition coefficient (Wildman–Crippen LogP) is 4.20. The lowest BCUT2D eigenvalue weighted by Gasteiger charge is -2.11. The van der Waals surface area contributed by atoms with Gasteiger partial charge < -0.3 is 10.1 Å². The van der Waals surface area contributed by atoms with E-state index in [0.29, 0.717) is 22.8 Å². The molecule has 0 atom stereocenters. The number of amides is 1. The average molecular weight is 370 g/mol. The summed E-state index contributed by atoms with van der Waals surface area (Å²) in [6.07, 6.45) is 1.71. The van der Waals surface area contributed by atoms with Crippen LogP contribution < -0.4 is 10.1 Å². The van der Waals surface area contributed by atoms with Crippen LogP contribution in [0.15, 0.2) is 85.1 Å². The van der Waals surface area contributed by atoms with Crippen molar-refractivity contribution in [3.05, 3.63) is 90.6 Å². The molecule has 0 saturated carbocycles. The van der Waals surface area contributed by atoms with Crippen molar-refractivity contribution in [3.8, 4) is 22.8 Å². The minimum Gasteiger partial charge on any atom is -0.496 e. The normalized spacial score (nSPS) is 10.5. The SMILES string of the molecule is COc1ccccc1C(=O)Nc1cc(-c2ccccn2)nn1-c1ccccc1. The molecule has 0 radical (unpaired) electrons. The van der Waals surface area contributed by atoms with Crippen LogP contribution in [-0.2, 0) is 0 Å². The Morgan fingerprint density at radius 1 is 0.929 bits per heavy atom. The van der Waals surface area contributed by atoms with Crippen LogP contribution in [0.2, 0.25) is 0 Å². The Morgan fingerprint density at radius 2 is 1.68 bits per heavy atom. The van der Waals surface area contributed by atoms with E-state index in [2.05, 4.69) is 15.4 Å². The zero-order valence-corrected chi connectivity index (χ0v) is 15.2. The van der Waals surface area contributed by atoms with Crippen molar-refractivity contribution in [2.45, 2.75) is 0 Å². The van der Waals surface area contributed by atoms with Gasteiger partial charge in [-0.05, 0) is 36.4 Å². The van der Waals surface area contributed by atoms with E-state index in [0.717, 1.165) is 11.4 Å². The average Bonchev–Trinajstić information content (AvgIpc) is 3.18. The Bertz CT molecular complexity index is 1090. The number of hydrogen-bond acceptors (Lipinski definition) is 4. The minimum atomic E-state index is -0.276. The first-order valence-corrected chi connectivity index (χ1v) is 8.77. The summed E-state index contributed by atoms with van der Waals surface area (Å²) in [4.78, 5) is 17.2. The van der Waals surface area contributed by atoms with Gasteiger partial charge in [0.1, 0.15) is 17.3 Å². The second-order valence-corrected chi connectivity index (χ2v) is 6.03. The largest absolute Gasteiger partial charge is 0.496 e. The third kappa shape index (κ3) is 3.48. The predicted molar refractivity (Wildman–Crippen MR) is 108 cm³/mol. The van der Waals surface area contributed by atoms with E-state index in [-0.39, 0.29) is 5.91 Å². The molecule has 4 rings (SSSR count). The number of hydrogen-bond donors (Lipinski definition) is 1. The molecule has 4 aromatic rings. The van der Waals surface area contributed by atoms with Crippen LogP contribution in [0.3, 0.4) is 0 Å². The second kappa shape index (κ2) is 7.75. The number of nitrogens with zero attached hydrogens (tertiary/aromatic N) is 3. The molecule has 0 fully saturated rings. The molecule has 1 amide bonds. The fourth-order valence-corrected chi connectivity index (χ4v) is 2.89. The molecule has 0 spiro atoms. The Morgan fingerprint density at radius 3 is 2.43 bits per heavy atom. The molecule has 0 unspecified atom stereocenters. The van der Waals surface area contributed by atoms with Gasteiger partial charge in [0, 0.05) is 12.3 Å². The van der Waals surface area contributed by atoms with Gasteiger partial charge in [-0.3, -0.25) is 9.78 Å². The number of carbonyl (C=O) groups is 1. The fraction of sp³-hybridized carbons (Fsp3) is 0.0455. The maximum absolute atomic E-state index is 12.9. The summed E-state index contributed by atoms with van der Waals surface area (Å²) in [6, 6.07) is 24.1. The molecule has 0 saturated heterocycles. The third-order valence-corrected chi connectivity index (χ3v) is 4.23. The van der Waals surface area contributed by atoms with Crippen LogP contribution in [-0.4, -0.2) is 27.8 Å². The molecule has 2 aromatic heterocycles. The number of rotatable bonds is 5. The number of para-hydroxylation sites is 2. The zero-order valence-electron chi connectivity index (χ0n) is 15.2. The van der Waals surface area contributed by atoms with Crippen molar-refractivity contribution in [1.29, 1.82) is 0 Å². The number of ether oxygens (including phenoxy) is 1. The number of aromatic nitrogens is 3. The molecule has 6 heteroatoms. The van der Waals surface area contributed by atoms with Crippen molar-refractivity contribution in [3.63, 3.8) is 0 Å². The van der Waals surface area contributed by atoms with Crippen LogP contribution in [0.1, 0.15) is 10.4 Å². The van der Waals surface area contributed by atoms with Crippen LogP contribution in [0, 0.1) is 0 Å². The van der Waals surface area contributed by atoms with Crippen molar-refractivity contribution in [1.82, 2.24) is 14.8 Å². The van der Waals surface area contributed by atoms with E-state index in [4.69, 9.17) is 4.74 Å². The van der Waals surface area contributed by atoms with Crippen molar-refractivity contribution < 1.29 is 9.53 Å². The van der Waals surface area contributed by atoms with Gasteiger partial charge >= 0.3 is 0 Å². The Balaban J connectivity index is 1.75. The summed E-state index contributed by atoms with van der Waals surface area (Å²) in [5.74, 6) is 0.778. The first-order chi connectivity index (χ1) is 13.8. The van der Waals surface area contributed by atoms with E-state index in [1.54, 1.807) is 36.2 Å². The standard InChI is InChI=1S/C22H18N4O2/c1-28-20-13-6-5-11-17(20)22(27)24-21-15-19(18-12-7-8-14-23-18)25-26(21)16-9-3-2-4-10-16/h2-15H,1H3,(H,24,27). The number of methoxy groups -OCH3 is 1. The second-order valence-electron chi connectivity index (χ2n) is 6.03. The monoisotopic (exact) mass is 370 g/mol. The van der Waals surface area contributed by atoms with Crippen LogP contribution in [0.25, 0.3) is 17.1 Å². The van der Waals surface area contributed by atoms with Gasteiger partial charge in [0.15, 0.2) is 0 Å². The molecular formula is C22H18N4O2. The molecule has 0 aliphatic carbocycles. The van der Waals surface area contributed by atoms with Gasteiger partial charge in [-0.25, -0.2) is 4.68 Å². The summed E-state index contributed by atoms with van der Waals surface area (Å²) < 4.78 is 6.99. The minimum absolute atomic E-state index is 0.276. The van der Waals surface area contributed by atoms with E-state index in [1.165, 1.54) is 0 Å². The van der Waals surface area contributed by atoms with Crippen LogP contribution in [0.5, 0.6) is 5.75 Å². The smallest absolute Gasteiger partial charge is 0.260 e. The number of carbonyl (C=O) groups excluding carboxylic acids is 1. The van der Waals surface area contributed by atoms with Gasteiger partial charge in [0.2, 0.25) is 0 Å². The number of pyridine rings is 1. The Labute approximate surface area is 162 Å². The van der Waals surface area contributed by atoms with Gasteiger partial charge in [0.05, 0.1) is 24.1 Å². The Kier molecular flexibility index (Phi) is 4.84. The molecule has 138 valence electrons. The molecule has 2 aromatic carbocycles. The number of anilines is 1. The summed E-state index contributed by atoms with van der Waals surface area (Å²) in [5, 5.41) is 7.59. The van der Waals surface area contributed by atoms with E-state index in [1.807, 2.05) is 60.7 Å². The first-order valence-electron chi connectivity index (χ1n) is 8.77. The van der Waals surface area contributed by atoms with E-state index >= 15 is 0 Å². The molecule has 0 aliphatic rings. The molecule has 6 nitrogen and oxygen atoms in total. The summed E-state index contributed by atoms with van der Waals surface area (Å²) in [6.45, 7) is 0. The molecular weight excluding hydrogens is 352 g/mol. The van der Waals surface area contributed by atoms with Crippen molar-refractivity contribution in [2.24, 2.45) is 0 Å². The van der Waals surface area contributed by atoms with Crippen LogP contribution in [0.4, 0.5) is 5.82 Å². The van der Waals surface area contributed by atoms with Gasteiger partial charge in [0.25, 0.3) is 5.91 Å². The number of benzene rings is 2. The highest BCUT2D eigenvalue weighted by molar-refractivity contribution is 6.06. The maximum Gasteiger partial charge on any atom is 0.260 e. The topological polar surface area (TPSA) is 69.0 Å². The van der Waals surface area contributed by atoms with Gasteiger partial charge in [-0.1, -0.05) is 36.4 Å². The molecule has 1 N–H and O–H groups in total. The van der Waals surface area contributed by atoms with Crippen LogP contribution >= 0.6 is 0 Å². The van der Waals surface area contributed by atoms with Crippen molar-refractivity contribution >= 4 is 11.7 Å². The molecule has 0 bridgehead atoms. The summed E-state index contributed by atoms with van der Waals surface area (Å²) >= 11 is 0. The van der Waals surface area contributed by atoms with Crippen molar-refractivity contribution in [2.75, 3.05) is 12.4 Å². The molecule has 28 heavy (non-hydrogen) atoms. The quantitative estimate of drug-likeness (QED) is 0.572. The highest BCUT2D eigenvalue weighted by atomic mass is 16.5. The first kappa shape index (κ1) is 17.5. The highest BCUT2D eigenvalue weighted by Crippen LogP contribution is 2.25. The highest BCUT2D eigenvalue weighted by Gasteiger charge is 2.17. The summed E-state index contributed by atoms with van der Waals surface area (Å²) in [5.41, 5.74) is 2.68. The lowest BCUT2D eigenvalue weighted by molar-refractivity contribution is 0.102.